The summed E-state index contributed by atoms with van der Waals surface area (Å²) < 4.78 is 14.5. The lowest BCUT2D eigenvalue weighted by atomic mass is 9.95. The molecule has 0 radical (unpaired) electrons. The van der Waals surface area contributed by atoms with Crippen LogP contribution >= 0.6 is 15.9 Å². The summed E-state index contributed by atoms with van der Waals surface area (Å²) in [7, 11) is 0. The highest BCUT2D eigenvalue weighted by Gasteiger charge is 2.51. The number of hydrogen-bond acceptors (Lipinski definition) is 2. The maximum Gasteiger partial charge on any atom is 0.272 e. The lowest BCUT2D eigenvalue weighted by Gasteiger charge is -2.16. The third-order valence-corrected chi connectivity index (χ3v) is 4.52. The molecule has 2 aromatic carbocycles. The van der Waals surface area contributed by atoms with Gasteiger partial charge in [-0.3, -0.25) is 20.4 Å². The van der Waals surface area contributed by atoms with E-state index < -0.39 is 17.1 Å². The first-order valence-corrected chi connectivity index (χ1v) is 7.94. The molecule has 0 heterocycles. The van der Waals surface area contributed by atoms with Crippen molar-refractivity contribution in [1.82, 2.24) is 10.9 Å². The van der Waals surface area contributed by atoms with Crippen molar-refractivity contribution in [3.63, 3.8) is 0 Å². The van der Waals surface area contributed by atoms with Gasteiger partial charge in [0.25, 0.3) is 5.91 Å². The van der Waals surface area contributed by atoms with Crippen LogP contribution in [0.1, 0.15) is 28.8 Å². The molecule has 4 nitrogen and oxygen atoms in total. The SMILES string of the molecule is O=C(NNC(=O)C1(c2ccc(Br)cc2)CC1)c1ccccc1F. The van der Waals surface area contributed by atoms with Gasteiger partial charge < -0.3 is 0 Å². The zero-order valence-electron chi connectivity index (χ0n) is 12.1. The zero-order chi connectivity index (χ0) is 16.4. The number of hydrazine groups is 1. The quantitative estimate of drug-likeness (QED) is 0.808. The van der Waals surface area contributed by atoms with Crippen molar-refractivity contribution >= 4 is 27.7 Å². The normalized spacial score (nSPS) is 14.9. The molecule has 1 fully saturated rings. The molecule has 2 amide bonds. The number of amides is 2. The summed E-state index contributed by atoms with van der Waals surface area (Å²) in [6.45, 7) is 0. The smallest absolute Gasteiger partial charge is 0.272 e. The molecule has 118 valence electrons. The number of carbonyl (C=O) groups excluding carboxylic acids is 2. The highest BCUT2D eigenvalue weighted by Crippen LogP contribution is 2.48. The van der Waals surface area contributed by atoms with Gasteiger partial charge in [0.15, 0.2) is 0 Å². The molecule has 0 atom stereocenters. The van der Waals surface area contributed by atoms with E-state index in [9.17, 15) is 14.0 Å². The lowest BCUT2D eigenvalue weighted by Crippen LogP contribution is -2.46. The summed E-state index contributed by atoms with van der Waals surface area (Å²) in [5.41, 5.74) is 4.87. The second kappa shape index (κ2) is 6.12. The van der Waals surface area contributed by atoms with Crippen LogP contribution in [-0.2, 0) is 10.2 Å². The minimum Gasteiger partial charge on any atom is -0.272 e. The van der Waals surface area contributed by atoms with Gasteiger partial charge >= 0.3 is 0 Å². The van der Waals surface area contributed by atoms with E-state index in [2.05, 4.69) is 26.8 Å². The summed E-state index contributed by atoms with van der Waals surface area (Å²) in [4.78, 5) is 24.3. The summed E-state index contributed by atoms with van der Waals surface area (Å²) in [5, 5.41) is 0. The maximum atomic E-state index is 13.5. The van der Waals surface area contributed by atoms with E-state index in [4.69, 9.17) is 0 Å². The molecule has 3 rings (SSSR count). The second-order valence-corrected chi connectivity index (χ2v) is 6.39. The molecule has 0 saturated heterocycles. The van der Waals surface area contributed by atoms with Gasteiger partial charge in [-0.1, -0.05) is 40.2 Å². The molecule has 0 aromatic heterocycles. The lowest BCUT2D eigenvalue weighted by molar-refractivity contribution is -0.124. The number of benzene rings is 2. The molecule has 0 bridgehead atoms. The minimum atomic E-state index is -0.678. The number of carbonyl (C=O) groups is 2. The van der Waals surface area contributed by atoms with E-state index in [1.807, 2.05) is 24.3 Å². The third-order valence-electron chi connectivity index (χ3n) is 3.99. The molecule has 0 spiro atoms. The van der Waals surface area contributed by atoms with E-state index >= 15 is 0 Å². The Hall–Kier alpha value is -2.21. The van der Waals surface area contributed by atoms with Gasteiger partial charge in [0.05, 0.1) is 11.0 Å². The summed E-state index contributed by atoms with van der Waals surface area (Å²) in [6.07, 6.45) is 1.44. The Morgan fingerprint density at radius 3 is 2.26 bits per heavy atom. The van der Waals surface area contributed by atoms with Crippen molar-refractivity contribution in [2.45, 2.75) is 18.3 Å². The van der Waals surface area contributed by atoms with Crippen LogP contribution in [0.3, 0.4) is 0 Å². The number of rotatable bonds is 3. The van der Waals surface area contributed by atoms with E-state index in [-0.39, 0.29) is 11.5 Å². The molecule has 1 saturated carbocycles. The van der Waals surface area contributed by atoms with Gasteiger partial charge in [-0.15, -0.1) is 0 Å². The first-order chi connectivity index (χ1) is 11.0. The first-order valence-electron chi connectivity index (χ1n) is 7.14. The summed E-state index contributed by atoms with van der Waals surface area (Å²) in [6, 6.07) is 13.1. The maximum absolute atomic E-state index is 13.5. The van der Waals surface area contributed by atoms with Crippen molar-refractivity contribution in [1.29, 1.82) is 0 Å². The Morgan fingerprint density at radius 2 is 1.65 bits per heavy atom. The van der Waals surface area contributed by atoms with Crippen molar-refractivity contribution in [2.24, 2.45) is 0 Å². The van der Waals surface area contributed by atoms with Gasteiger partial charge in [0.2, 0.25) is 5.91 Å². The van der Waals surface area contributed by atoms with Crippen LogP contribution in [0.5, 0.6) is 0 Å². The summed E-state index contributed by atoms with van der Waals surface area (Å²) >= 11 is 3.36. The van der Waals surface area contributed by atoms with Crippen LogP contribution in [0.25, 0.3) is 0 Å². The predicted molar refractivity (Wildman–Crippen MR) is 87.1 cm³/mol. The van der Waals surface area contributed by atoms with Crippen LogP contribution in [0.2, 0.25) is 0 Å². The van der Waals surface area contributed by atoms with E-state index in [1.54, 1.807) is 6.07 Å². The van der Waals surface area contributed by atoms with Gasteiger partial charge in [-0.05, 0) is 42.7 Å². The highest BCUT2D eigenvalue weighted by atomic mass is 79.9. The van der Waals surface area contributed by atoms with E-state index in [0.29, 0.717) is 0 Å². The third kappa shape index (κ3) is 3.12. The monoisotopic (exact) mass is 376 g/mol. The number of halogens is 2. The van der Waals surface area contributed by atoms with Crippen molar-refractivity contribution in [3.8, 4) is 0 Å². The van der Waals surface area contributed by atoms with Crippen LogP contribution in [0.15, 0.2) is 53.0 Å². The number of nitrogens with one attached hydrogen (secondary N) is 2. The van der Waals surface area contributed by atoms with Crippen molar-refractivity contribution in [2.75, 3.05) is 0 Å². The van der Waals surface area contributed by atoms with Gasteiger partial charge in [0, 0.05) is 4.47 Å². The Morgan fingerprint density at radius 1 is 1.00 bits per heavy atom. The Balaban J connectivity index is 1.67. The average molecular weight is 377 g/mol. The molecule has 2 N–H and O–H groups in total. The van der Waals surface area contributed by atoms with Crippen LogP contribution in [0.4, 0.5) is 4.39 Å². The van der Waals surface area contributed by atoms with Crippen molar-refractivity contribution < 1.29 is 14.0 Å². The topological polar surface area (TPSA) is 58.2 Å². The predicted octanol–water partition coefficient (Wildman–Crippen LogP) is 3.08. The van der Waals surface area contributed by atoms with E-state index in [0.717, 1.165) is 22.9 Å². The largest absolute Gasteiger partial charge is 0.272 e. The van der Waals surface area contributed by atoms with Crippen LogP contribution in [0, 0.1) is 5.82 Å². The fourth-order valence-corrected chi connectivity index (χ4v) is 2.75. The Bertz CT molecular complexity index is 757. The molecule has 1 aliphatic rings. The van der Waals surface area contributed by atoms with E-state index in [1.165, 1.54) is 18.2 Å². The zero-order valence-corrected chi connectivity index (χ0v) is 13.7. The molecule has 0 aliphatic heterocycles. The molecule has 1 aliphatic carbocycles. The second-order valence-electron chi connectivity index (χ2n) is 5.48. The average Bonchev–Trinajstić information content (AvgIpc) is 3.35. The van der Waals surface area contributed by atoms with Crippen LogP contribution in [-0.4, -0.2) is 11.8 Å². The molecular weight excluding hydrogens is 363 g/mol. The first kappa shape index (κ1) is 15.7. The molecule has 6 heteroatoms. The minimum absolute atomic E-state index is 0.110. The Kier molecular flexibility index (Phi) is 4.17. The fraction of sp³-hybridized carbons (Fsp3) is 0.176. The molecule has 2 aromatic rings. The summed E-state index contributed by atoms with van der Waals surface area (Å²) in [5.74, 6) is -1.60. The van der Waals surface area contributed by atoms with Crippen molar-refractivity contribution in [3.05, 3.63) is 69.9 Å². The fourth-order valence-electron chi connectivity index (χ4n) is 2.49. The van der Waals surface area contributed by atoms with Crippen LogP contribution < -0.4 is 10.9 Å². The van der Waals surface area contributed by atoms with Gasteiger partial charge in [0.1, 0.15) is 5.82 Å². The standard InChI is InChI=1S/C17H14BrFN2O2/c18-12-7-5-11(6-8-12)17(9-10-17)16(23)21-20-15(22)13-3-1-2-4-14(13)19/h1-8H,9-10H2,(H,20,22)(H,21,23). The van der Waals surface area contributed by atoms with Gasteiger partial charge in [-0.2, -0.15) is 0 Å². The number of hydrogen-bond donors (Lipinski definition) is 2. The Labute approximate surface area is 141 Å². The molecular formula is C17H14BrFN2O2. The molecule has 0 unspecified atom stereocenters. The molecule has 23 heavy (non-hydrogen) atoms. The highest BCUT2D eigenvalue weighted by molar-refractivity contribution is 9.10. The van der Waals surface area contributed by atoms with Gasteiger partial charge in [-0.25, -0.2) is 4.39 Å².